The van der Waals surface area contributed by atoms with Gasteiger partial charge < -0.3 is 18.8 Å². The third-order valence-corrected chi connectivity index (χ3v) is 4.05. The molecule has 1 unspecified atom stereocenters. The number of hydrogen-bond acceptors (Lipinski definition) is 5. The maximum Gasteiger partial charge on any atom is 0.254 e. The van der Waals surface area contributed by atoms with Crippen molar-refractivity contribution in [2.45, 2.75) is 19.6 Å². The second kappa shape index (κ2) is 7.97. The molecule has 0 N–H and O–H groups in total. The van der Waals surface area contributed by atoms with Gasteiger partial charge in [0.05, 0.1) is 38.0 Å². The Bertz CT molecular complexity index is 815. The lowest BCUT2D eigenvalue weighted by Crippen LogP contribution is -2.33. The topological polar surface area (TPSA) is 73.5 Å². The van der Waals surface area contributed by atoms with E-state index in [-0.39, 0.29) is 11.7 Å². The van der Waals surface area contributed by atoms with Crippen molar-refractivity contribution in [3.63, 3.8) is 0 Å². The highest BCUT2D eigenvalue weighted by molar-refractivity contribution is 5.32. The summed E-state index contributed by atoms with van der Waals surface area (Å²) in [6, 6.07) is 12.6. The first-order valence-electron chi connectivity index (χ1n) is 8.18. The fourth-order valence-electron chi connectivity index (χ4n) is 2.67. The first-order valence-corrected chi connectivity index (χ1v) is 8.18. The Kier molecular flexibility index (Phi) is 5.49. The largest absolute Gasteiger partial charge is 0.491 e. The highest BCUT2D eigenvalue weighted by Gasteiger charge is 2.15. The van der Waals surface area contributed by atoms with Crippen LogP contribution in [0.3, 0.4) is 0 Å². The maximum absolute atomic E-state index is 12.4. The lowest BCUT2D eigenvalue weighted by Gasteiger charge is -2.23. The van der Waals surface area contributed by atoms with E-state index in [1.807, 2.05) is 25.1 Å². The zero-order valence-electron chi connectivity index (χ0n) is 14.1. The first kappa shape index (κ1) is 17.2. The van der Waals surface area contributed by atoms with Crippen LogP contribution in [0.5, 0.6) is 5.75 Å². The van der Waals surface area contributed by atoms with Crippen LogP contribution in [0.1, 0.15) is 16.8 Å². The van der Waals surface area contributed by atoms with Crippen LogP contribution >= 0.6 is 0 Å². The molecule has 6 heteroatoms. The van der Waals surface area contributed by atoms with Crippen molar-refractivity contribution in [3.05, 3.63) is 63.6 Å². The standard InChI is InChI=1S/C19H20N2O4/c1-14-8-17(25-13-18-12-23-6-7-24-18)9-19(22)21(14)11-16-4-2-15(10-20)3-5-16/h2-5,8-9,18H,6-7,11-13H2,1H3. The third-order valence-electron chi connectivity index (χ3n) is 4.05. The molecule has 0 radical (unpaired) electrons. The molecule has 25 heavy (non-hydrogen) atoms. The van der Waals surface area contributed by atoms with Gasteiger partial charge in [-0.05, 0) is 30.7 Å². The van der Waals surface area contributed by atoms with Crippen molar-refractivity contribution in [1.29, 1.82) is 5.26 Å². The van der Waals surface area contributed by atoms with Gasteiger partial charge in [0.25, 0.3) is 5.56 Å². The number of pyridine rings is 1. The predicted octanol–water partition coefficient (Wildman–Crippen LogP) is 1.87. The van der Waals surface area contributed by atoms with E-state index in [1.165, 1.54) is 6.07 Å². The molecule has 0 bridgehead atoms. The van der Waals surface area contributed by atoms with E-state index in [0.29, 0.717) is 44.3 Å². The molecule has 6 nitrogen and oxygen atoms in total. The summed E-state index contributed by atoms with van der Waals surface area (Å²) in [5.74, 6) is 0.535. The molecule has 1 aromatic heterocycles. The summed E-state index contributed by atoms with van der Waals surface area (Å²) in [4.78, 5) is 12.4. The second-order valence-electron chi connectivity index (χ2n) is 5.94. The molecule has 1 fully saturated rings. The Labute approximate surface area is 146 Å². The SMILES string of the molecule is Cc1cc(OCC2COCCO2)cc(=O)n1Cc1ccc(C#N)cc1. The van der Waals surface area contributed by atoms with Crippen molar-refractivity contribution in [1.82, 2.24) is 4.57 Å². The molecule has 1 aliphatic heterocycles. The van der Waals surface area contributed by atoms with Crippen LogP contribution in [0.2, 0.25) is 0 Å². The molecular weight excluding hydrogens is 320 g/mol. The van der Waals surface area contributed by atoms with Crippen LogP contribution in [0, 0.1) is 18.3 Å². The summed E-state index contributed by atoms with van der Waals surface area (Å²) in [6.45, 7) is 4.38. The van der Waals surface area contributed by atoms with Crippen molar-refractivity contribution < 1.29 is 14.2 Å². The van der Waals surface area contributed by atoms with E-state index in [0.717, 1.165) is 11.3 Å². The second-order valence-corrected chi connectivity index (χ2v) is 5.94. The molecule has 0 aliphatic carbocycles. The molecule has 0 saturated carbocycles. The zero-order valence-corrected chi connectivity index (χ0v) is 14.1. The fourth-order valence-corrected chi connectivity index (χ4v) is 2.67. The van der Waals surface area contributed by atoms with E-state index in [9.17, 15) is 4.79 Å². The van der Waals surface area contributed by atoms with E-state index >= 15 is 0 Å². The van der Waals surface area contributed by atoms with Gasteiger partial charge in [-0.25, -0.2) is 0 Å². The number of hydrogen-bond donors (Lipinski definition) is 0. The summed E-state index contributed by atoms with van der Waals surface area (Å²) < 4.78 is 18.2. The van der Waals surface area contributed by atoms with Crippen LogP contribution in [0.4, 0.5) is 0 Å². The molecule has 1 saturated heterocycles. The lowest BCUT2D eigenvalue weighted by molar-refractivity contribution is -0.101. The monoisotopic (exact) mass is 340 g/mol. The van der Waals surface area contributed by atoms with E-state index in [1.54, 1.807) is 16.7 Å². The van der Waals surface area contributed by atoms with Gasteiger partial charge in [-0.3, -0.25) is 4.79 Å². The van der Waals surface area contributed by atoms with Gasteiger partial charge >= 0.3 is 0 Å². The number of nitriles is 1. The van der Waals surface area contributed by atoms with Crippen molar-refractivity contribution in [3.8, 4) is 11.8 Å². The number of aromatic nitrogens is 1. The summed E-state index contributed by atoms with van der Waals surface area (Å²) in [7, 11) is 0. The normalized spacial score (nSPS) is 17.0. The van der Waals surface area contributed by atoms with Gasteiger partial charge in [-0.15, -0.1) is 0 Å². The van der Waals surface area contributed by atoms with Gasteiger partial charge in [0.2, 0.25) is 0 Å². The van der Waals surface area contributed by atoms with Gasteiger partial charge in [0, 0.05) is 11.8 Å². The Morgan fingerprint density at radius 3 is 2.72 bits per heavy atom. The van der Waals surface area contributed by atoms with Gasteiger partial charge in [0.1, 0.15) is 18.5 Å². The van der Waals surface area contributed by atoms with Crippen LogP contribution < -0.4 is 10.3 Å². The minimum absolute atomic E-state index is 0.102. The molecule has 0 spiro atoms. The highest BCUT2D eigenvalue weighted by atomic mass is 16.6. The van der Waals surface area contributed by atoms with Crippen LogP contribution in [0.25, 0.3) is 0 Å². The van der Waals surface area contributed by atoms with E-state index in [2.05, 4.69) is 6.07 Å². The average molecular weight is 340 g/mol. The molecule has 130 valence electrons. The fraction of sp³-hybridized carbons (Fsp3) is 0.368. The predicted molar refractivity (Wildman–Crippen MR) is 91.8 cm³/mol. The smallest absolute Gasteiger partial charge is 0.254 e. The molecule has 0 amide bonds. The molecule has 2 aromatic rings. The van der Waals surface area contributed by atoms with Gasteiger partial charge in [-0.1, -0.05) is 12.1 Å². The summed E-state index contributed by atoms with van der Waals surface area (Å²) in [6.07, 6.45) is -0.102. The molecule has 1 aliphatic rings. The van der Waals surface area contributed by atoms with Crippen molar-refractivity contribution in [2.75, 3.05) is 26.4 Å². The minimum atomic E-state index is -0.125. The van der Waals surface area contributed by atoms with Crippen LogP contribution in [0.15, 0.2) is 41.2 Å². The van der Waals surface area contributed by atoms with Gasteiger partial charge in [0.15, 0.2) is 0 Å². The minimum Gasteiger partial charge on any atom is -0.491 e. The Morgan fingerprint density at radius 2 is 2.08 bits per heavy atom. The molecule has 3 rings (SSSR count). The average Bonchev–Trinajstić information content (AvgIpc) is 2.64. The summed E-state index contributed by atoms with van der Waals surface area (Å²) in [5, 5.41) is 8.85. The number of nitrogens with zero attached hydrogens (tertiary/aromatic N) is 2. The molecule has 2 heterocycles. The molecular formula is C19H20N2O4. The Hall–Kier alpha value is -2.62. The third kappa shape index (κ3) is 4.47. The quantitative estimate of drug-likeness (QED) is 0.831. The number of rotatable bonds is 5. The zero-order chi connectivity index (χ0) is 17.6. The Balaban J connectivity index is 1.68. The number of aryl methyl sites for hydroxylation is 1. The number of ether oxygens (including phenoxy) is 3. The van der Waals surface area contributed by atoms with Crippen molar-refractivity contribution in [2.24, 2.45) is 0 Å². The molecule has 1 aromatic carbocycles. The van der Waals surface area contributed by atoms with E-state index < -0.39 is 0 Å². The summed E-state index contributed by atoms with van der Waals surface area (Å²) in [5.41, 5.74) is 2.25. The Morgan fingerprint density at radius 1 is 1.28 bits per heavy atom. The van der Waals surface area contributed by atoms with E-state index in [4.69, 9.17) is 19.5 Å². The van der Waals surface area contributed by atoms with Crippen molar-refractivity contribution >= 4 is 0 Å². The van der Waals surface area contributed by atoms with Gasteiger partial charge in [-0.2, -0.15) is 5.26 Å². The summed E-state index contributed by atoms with van der Waals surface area (Å²) >= 11 is 0. The first-order chi connectivity index (χ1) is 12.2. The van der Waals surface area contributed by atoms with Crippen LogP contribution in [-0.2, 0) is 16.0 Å². The highest BCUT2D eigenvalue weighted by Crippen LogP contribution is 2.13. The molecule has 1 atom stereocenters. The number of benzene rings is 1. The van der Waals surface area contributed by atoms with Crippen LogP contribution in [-0.4, -0.2) is 37.1 Å². The lowest BCUT2D eigenvalue weighted by atomic mass is 10.1. The maximum atomic E-state index is 12.4.